The molecule has 1 amide bonds. The number of ketones is 1. The summed E-state index contributed by atoms with van der Waals surface area (Å²) in [5.41, 5.74) is 0.421. The van der Waals surface area contributed by atoms with E-state index in [2.05, 4.69) is 10.6 Å². The standard InChI is InChI=1S/C22H21Cl2N3O6S/c1-22(2)18(17(19(22)28)34(3)33)26-15(21(30)31)8-11-4-6-12(7-5-11)25-20(29)16-13(23)9-27(32)10-14(16)24/h4-7,9-10,15,26H,8H2,1-3H3,(H,25,29)(H,30,31). The van der Waals surface area contributed by atoms with E-state index >= 15 is 0 Å². The number of nitrogens with zero attached hydrogens (tertiary/aromatic N) is 1. The minimum absolute atomic E-state index is 0.0512. The highest BCUT2D eigenvalue weighted by Crippen LogP contribution is 2.42. The van der Waals surface area contributed by atoms with Crippen LogP contribution in [0, 0.1) is 10.6 Å². The summed E-state index contributed by atoms with van der Waals surface area (Å²) in [5.74, 6) is -2.02. The Hall–Kier alpha value is -2.95. The molecule has 34 heavy (non-hydrogen) atoms. The first-order valence-corrected chi connectivity index (χ1v) is 12.2. The van der Waals surface area contributed by atoms with Crippen molar-refractivity contribution < 1.29 is 28.4 Å². The summed E-state index contributed by atoms with van der Waals surface area (Å²) >= 11 is 11.9. The van der Waals surface area contributed by atoms with Crippen molar-refractivity contribution in [3.8, 4) is 0 Å². The van der Waals surface area contributed by atoms with Gasteiger partial charge >= 0.3 is 5.97 Å². The monoisotopic (exact) mass is 525 g/mol. The van der Waals surface area contributed by atoms with Crippen LogP contribution in [0.1, 0.15) is 29.8 Å². The minimum Gasteiger partial charge on any atom is -0.619 e. The Labute approximate surface area is 207 Å². The fourth-order valence-electron chi connectivity index (χ4n) is 3.50. The zero-order valence-corrected chi connectivity index (χ0v) is 20.7. The molecule has 0 saturated heterocycles. The number of hydrogen-bond acceptors (Lipinski definition) is 6. The number of pyridine rings is 1. The summed E-state index contributed by atoms with van der Waals surface area (Å²) in [6.07, 6.45) is 3.47. The molecule has 1 heterocycles. The number of nitrogens with one attached hydrogen (secondary N) is 2. The third kappa shape index (κ3) is 5.08. The quantitative estimate of drug-likeness (QED) is 0.355. The van der Waals surface area contributed by atoms with Gasteiger partial charge in [-0.25, -0.2) is 4.79 Å². The van der Waals surface area contributed by atoms with Crippen molar-refractivity contribution in [2.45, 2.75) is 26.3 Å². The predicted octanol–water partition coefficient (Wildman–Crippen LogP) is 2.66. The van der Waals surface area contributed by atoms with Crippen molar-refractivity contribution in [3.63, 3.8) is 0 Å². The lowest BCUT2D eigenvalue weighted by atomic mass is 9.74. The molecule has 0 aliphatic heterocycles. The molecule has 3 N–H and O–H groups in total. The molecule has 12 heteroatoms. The highest BCUT2D eigenvalue weighted by atomic mass is 35.5. The largest absolute Gasteiger partial charge is 0.619 e. The molecule has 1 aromatic carbocycles. The lowest BCUT2D eigenvalue weighted by molar-refractivity contribution is -0.605. The van der Waals surface area contributed by atoms with E-state index in [0.717, 1.165) is 12.4 Å². The van der Waals surface area contributed by atoms with Gasteiger partial charge < -0.3 is 20.9 Å². The van der Waals surface area contributed by atoms with Crippen molar-refractivity contribution in [2.24, 2.45) is 5.41 Å². The number of amides is 1. The van der Waals surface area contributed by atoms with Crippen LogP contribution in [0.4, 0.5) is 5.69 Å². The highest BCUT2D eigenvalue weighted by Gasteiger charge is 2.49. The number of carbonyl (C=O) groups excluding carboxylic acids is 2. The number of Topliss-reactive ketones (excluding diaryl/α,β-unsaturated/α-hetero) is 1. The second kappa shape index (κ2) is 9.73. The van der Waals surface area contributed by atoms with Crippen molar-refractivity contribution >= 4 is 57.3 Å². The lowest BCUT2D eigenvalue weighted by Gasteiger charge is -2.39. The molecule has 3 rings (SSSR count). The zero-order chi connectivity index (χ0) is 25.4. The van der Waals surface area contributed by atoms with E-state index in [1.807, 2.05) is 0 Å². The van der Waals surface area contributed by atoms with Crippen LogP contribution in [0.25, 0.3) is 0 Å². The summed E-state index contributed by atoms with van der Waals surface area (Å²) in [5, 5.41) is 26.3. The summed E-state index contributed by atoms with van der Waals surface area (Å²) in [4.78, 5) is 36.7. The van der Waals surface area contributed by atoms with Gasteiger partial charge in [-0.05, 0) is 31.5 Å². The van der Waals surface area contributed by atoms with Gasteiger partial charge in [-0.15, -0.1) is 0 Å². The van der Waals surface area contributed by atoms with Gasteiger partial charge in [0.1, 0.15) is 21.0 Å². The second-order valence-electron chi connectivity index (χ2n) is 8.19. The number of allylic oxidation sites excluding steroid dienone is 2. The van der Waals surface area contributed by atoms with Gasteiger partial charge in [0, 0.05) is 24.1 Å². The van der Waals surface area contributed by atoms with Gasteiger partial charge in [-0.2, -0.15) is 4.73 Å². The van der Waals surface area contributed by atoms with Crippen LogP contribution in [0.5, 0.6) is 0 Å². The van der Waals surface area contributed by atoms with Crippen molar-refractivity contribution in [1.82, 2.24) is 5.32 Å². The number of carboxylic acids is 1. The Morgan fingerprint density at radius 3 is 2.24 bits per heavy atom. The molecule has 0 spiro atoms. The number of rotatable bonds is 8. The SMILES string of the molecule is CS(=O)C1=C(NC(Cc2ccc(NC(=O)c3c(Cl)c[n+]([O-])cc3Cl)cc2)C(=O)O)C(C)(C)C1=O. The van der Waals surface area contributed by atoms with Gasteiger partial charge in [-0.1, -0.05) is 35.3 Å². The first-order valence-electron chi connectivity index (χ1n) is 9.93. The highest BCUT2D eigenvalue weighted by molar-refractivity contribution is 7.89. The second-order valence-corrected chi connectivity index (χ2v) is 10.3. The summed E-state index contributed by atoms with van der Waals surface area (Å²) < 4.78 is 12.3. The maximum absolute atomic E-state index is 12.5. The normalized spacial score (nSPS) is 16.4. The molecule has 0 bridgehead atoms. The van der Waals surface area contributed by atoms with Crippen LogP contribution in [-0.2, 0) is 26.8 Å². The number of carbonyl (C=O) groups is 3. The van der Waals surface area contributed by atoms with E-state index in [0.29, 0.717) is 21.7 Å². The summed E-state index contributed by atoms with van der Waals surface area (Å²) in [7, 11) is -1.54. The molecule has 2 aromatic rings. The van der Waals surface area contributed by atoms with Gasteiger partial charge in [0.05, 0.1) is 21.8 Å². The molecule has 0 saturated carbocycles. The molecular formula is C22H21Cl2N3O6S. The first kappa shape index (κ1) is 25.7. The van der Waals surface area contributed by atoms with Gasteiger partial charge in [0.2, 0.25) is 0 Å². The predicted molar refractivity (Wildman–Crippen MR) is 128 cm³/mol. The fraction of sp³-hybridized carbons (Fsp3) is 0.273. The number of aromatic nitrogens is 1. The molecule has 1 aromatic heterocycles. The first-order chi connectivity index (χ1) is 15.8. The smallest absolute Gasteiger partial charge is 0.326 e. The molecule has 2 atom stereocenters. The van der Waals surface area contributed by atoms with Crippen LogP contribution in [0.2, 0.25) is 10.0 Å². The zero-order valence-electron chi connectivity index (χ0n) is 18.3. The average Bonchev–Trinajstić information content (AvgIpc) is 2.72. The Morgan fingerprint density at radius 1 is 1.18 bits per heavy atom. The van der Waals surface area contributed by atoms with Crippen molar-refractivity contribution in [2.75, 3.05) is 11.6 Å². The van der Waals surface area contributed by atoms with Gasteiger partial charge in [0.25, 0.3) is 5.91 Å². The molecule has 0 radical (unpaired) electrons. The number of halogens is 2. The number of hydrogen-bond donors (Lipinski definition) is 3. The van der Waals surface area contributed by atoms with E-state index in [1.54, 1.807) is 38.1 Å². The third-order valence-electron chi connectivity index (χ3n) is 5.37. The Balaban J connectivity index is 1.74. The number of benzene rings is 1. The molecular weight excluding hydrogens is 505 g/mol. The maximum Gasteiger partial charge on any atom is 0.326 e. The van der Waals surface area contributed by atoms with E-state index in [1.165, 1.54) is 6.26 Å². The van der Waals surface area contributed by atoms with Gasteiger partial charge in [-0.3, -0.25) is 13.8 Å². The summed E-state index contributed by atoms with van der Waals surface area (Å²) in [6, 6.07) is 5.36. The van der Waals surface area contributed by atoms with Crippen LogP contribution >= 0.6 is 23.2 Å². The average molecular weight is 526 g/mol. The van der Waals surface area contributed by atoms with E-state index < -0.39 is 34.1 Å². The number of carboxylic acid groups (broad SMARTS) is 1. The number of aliphatic carboxylic acids is 1. The van der Waals surface area contributed by atoms with Crippen LogP contribution in [-0.4, -0.2) is 39.3 Å². The lowest BCUT2D eigenvalue weighted by Crippen LogP contribution is -2.51. The molecule has 1 aliphatic rings. The molecule has 0 fully saturated rings. The molecule has 9 nitrogen and oxygen atoms in total. The molecule has 1 aliphatic carbocycles. The Morgan fingerprint density at radius 2 is 1.74 bits per heavy atom. The summed E-state index contributed by atoms with van der Waals surface area (Å²) in [6.45, 7) is 3.29. The van der Waals surface area contributed by atoms with E-state index in [9.17, 15) is 28.9 Å². The topological polar surface area (TPSA) is 140 Å². The van der Waals surface area contributed by atoms with Crippen molar-refractivity contribution in [3.05, 3.63) is 73.6 Å². The fourth-order valence-corrected chi connectivity index (χ4v) is 5.23. The minimum atomic E-state index is -1.54. The van der Waals surface area contributed by atoms with Crippen LogP contribution in [0.15, 0.2) is 47.3 Å². The van der Waals surface area contributed by atoms with E-state index in [-0.39, 0.29) is 32.7 Å². The van der Waals surface area contributed by atoms with E-state index in [4.69, 9.17) is 23.2 Å². The maximum atomic E-state index is 12.5. The molecule has 180 valence electrons. The van der Waals surface area contributed by atoms with Crippen LogP contribution < -0.4 is 15.4 Å². The number of anilines is 1. The third-order valence-corrected chi connectivity index (χ3v) is 6.91. The van der Waals surface area contributed by atoms with Crippen molar-refractivity contribution in [1.29, 1.82) is 0 Å². The van der Waals surface area contributed by atoms with Gasteiger partial charge in [0.15, 0.2) is 18.2 Å². The Kier molecular flexibility index (Phi) is 7.35. The molecule has 2 unspecified atom stereocenters. The Bertz CT molecular complexity index is 1220. The van der Waals surface area contributed by atoms with Crippen LogP contribution in [0.3, 0.4) is 0 Å².